The summed E-state index contributed by atoms with van der Waals surface area (Å²) in [6.07, 6.45) is 3.71. The van der Waals surface area contributed by atoms with Crippen LogP contribution in [0.15, 0.2) is 79.1 Å². The van der Waals surface area contributed by atoms with Gasteiger partial charge in [-0.25, -0.2) is 19.3 Å². The van der Waals surface area contributed by atoms with Crippen LogP contribution in [0.3, 0.4) is 0 Å². The summed E-state index contributed by atoms with van der Waals surface area (Å²) >= 11 is 0. The molecule has 0 saturated carbocycles. The number of hydrogen-bond acceptors (Lipinski definition) is 6. The van der Waals surface area contributed by atoms with Gasteiger partial charge < -0.3 is 15.0 Å². The Hall–Kier alpha value is -4.30. The Morgan fingerprint density at radius 1 is 0.971 bits per heavy atom. The van der Waals surface area contributed by atoms with Gasteiger partial charge in [0.25, 0.3) is 0 Å². The summed E-state index contributed by atoms with van der Waals surface area (Å²) in [5.74, 6) is 0.936. The Bertz CT molecular complexity index is 1460. The summed E-state index contributed by atoms with van der Waals surface area (Å²) in [4.78, 5) is 16.2. The summed E-state index contributed by atoms with van der Waals surface area (Å²) in [6.45, 7) is 0.800. The number of hydrogen-bond donors (Lipinski definition) is 1. The van der Waals surface area contributed by atoms with Crippen LogP contribution in [0.2, 0.25) is 0 Å². The van der Waals surface area contributed by atoms with Gasteiger partial charge in [0.1, 0.15) is 17.2 Å². The fourth-order valence-electron chi connectivity index (χ4n) is 3.96. The molecule has 0 unspecified atom stereocenters. The number of methoxy groups -OCH3 is 1. The molecule has 0 bridgehead atoms. The Labute approximate surface area is 202 Å². The van der Waals surface area contributed by atoms with E-state index >= 15 is 0 Å². The molecule has 1 N–H and O–H groups in total. The summed E-state index contributed by atoms with van der Waals surface area (Å²) in [6, 6.07) is 19.9. The third-order valence-corrected chi connectivity index (χ3v) is 5.55. The Balaban J connectivity index is 1.60. The summed E-state index contributed by atoms with van der Waals surface area (Å²) in [5, 5.41) is 3.24. The molecule has 3 aromatic heterocycles. The van der Waals surface area contributed by atoms with Crippen LogP contribution >= 0.6 is 0 Å². The minimum absolute atomic E-state index is 0.291. The van der Waals surface area contributed by atoms with Crippen molar-refractivity contribution in [1.29, 1.82) is 0 Å². The van der Waals surface area contributed by atoms with E-state index in [0.29, 0.717) is 11.6 Å². The molecule has 176 valence electrons. The van der Waals surface area contributed by atoms with Gasteiger partial charge in [0.2, 0.25) is 5.95 Å². The fourth-order valence-corrected chi connectivity index (χ4v) is 3.96. The van der Waals surface area contributed by atoms with Crippen LogP contribution in [0.4, 0.5) is 16.0 Å². The molecule has 0 fully saturated rings. The van der Waals surface area contributed by atoms with Gasteiger partial charge in [-0.05, 0) is 86.4 Å². The molecule has 5 aromatic rings. The van der Waals surface area contributed by atoms with Gasteiger partial charge in [0.05, 0.1) is 24.2 Å². The molecule has 0 radical (unpaired) electrons. The first-order chi connectivity index (χ1) is 17.0. The summed E-state index contributed by atoms with van der Waals surface area (Å²) in [7, 11) is 5.69. The number of rotatable bonds is 7. The van der Waals surface area contributed by atoms with Crippen LogP contribution in [0.5, 0.6) is 5.75 Å². The number of nitrogens with one attached hydrogen (secondary N) is 1. The number of aromatic nitrogens is 4. The number of ether oxygens (including phenoxy) is 1. The topological polar surface area (TPSA) is 67.6 Å². The molecule has 0 atom stereocenters. The van der Waals surface area contributed by atoms with Crippen molar-refractivity contribution in [3.05, 3.63) is 90.5 Å². The Kier molecular flexibility index (Phi) is 6.12. The van der Waals surface area contributed by atoms with E-state index in [-0.39, 0.29) is 5.82 Å². The van der Waals surface area contributed by atoms with E-state index in [2.05, 4.69) is 27.3 Å². The molecule has 3 heterocycles. The minimum atomic E-state index is -0.291. The number of pyridine rings is 1. The average Bonchev–Trinajstić information content (AvgIpc) is 3.23. The van der Waals surface area contributed by atoms with Gasteiger partial charge in [-0.1, -0.05) is 0 Å². The maximum atomic E-state index is 13.6. The molecule has 7 nitrogen and oxygen atoms in total. The highest BCUT2D eigenvalue weighted by atomic mass is 19.1. The molecule has 0 amide bonds. The number of fused-ring (bicyclic) bond motifs is 1. The largest absolute Gasteiger partial charge is 0.497 e. The molecule has 0 aliphatic heterocycles. The maximum absolute atomic E-state index is 13.6. The van der Waals surface area contributed by atoms with Crippen molar-refractivity contribution < 1.29 is 9.13 Å². The monoisotopic (exact) mass is 468 g/mol. The van der Waals surface area contributed by atoms with Gasteiger partial charge in [0.15, 0.2) is 0 Å². The predicted molar refractivity (Wildman–Crippen MR) is 135 cm³/mol. The van der Waals surface area contributed by atoms with E-state index in [1.807, 2.05) is 55.0 Å². The zero-order valence-electron chi connectivity index (χ0n) is 19.7. The van der Waals surface area contributed by atoms with E-state index in [9.17, 15) is 4.39 Å². The van der Waals surface area contributed by atoms with Crippen LogP contribution < -0.4 is 10.1 Å². The average molecular weight is 469 g/mol. The molecule has 35 heavy (non-hydrogen) atoms. The third kappa shape index (κ3) is 4.83. The minimum Gasteiger partial charge on any atom is -0.497 e. The zero-order valence-corrected chi connectivity index (χ0v) is 19.7. The number of imidazole rings is 1. The highest BCUT2D eigenvalue weighted by Gasteiger charge is 2.18. The Morgan fingerprint density at radius 3 is 2.46 bits per heavy atom. The van der Waals surface area contributed by atoms with Crippen LogP contribution in [-0.4, -0.2) is 45.5 Å². The number of anilines is 2. The van der Waals surface area contributed by atoms with E-state index in [1.165, 1.54) is 12.1 Å². The lowest BCUT2D eigenvalue weighted by Crippen LogP contribution is -2.10. The number of nitrogens with zero attached hydrogens (tertiary/aromatic N) is 5. The van der Waals surface area contributed by atoms with Crippen molar-refractivity contribution in [3.8, 4) is 28.4 Å². The lowest BCUT2D eigenvalue weighted by atomic mass is 10.1. The van der Waals surface area contributed by atoms with Crippen molar-refractivity contribution in [3.63, 3.8) is 0 Å². The second kappa shape index (κ2) is 9.52. The first-order valence-corrected chi connectivity index (χ1v) is 11.2. The second-order valence-electron chi connectivity index (χ2n) is 8.44. The fraction of sp³-hybridized carbons (Fsp3) is 0.148. The van der Waals surface area contributed by atoms with Crippen LogP contribution in [0, 0.1) is 5.82 Å². The quantitative estimate of drug-likeness (QED) is 0.344. The van der Waals surface area contributed by atoms with Crippen molar-refractivity contribution >= 4 is 17.3 Å². The van der Waals surface area contributed by atoms with Crippen molar-refractivity contribution in [2.24, 2.45) is 0 Å². The molecule has 0 saturated heterocycles. The highest BCUT2D eigenvalue weighted by molar-refractivity contribution is 5.81. The third-order valence-electron chi connectivity index (χ3n) is 5.55. The predicted octanol–water partition coefficient (Wildman–Crippen LogP) is 5.41. The maximum Gasteiger partial charge on any atom is 0.227 e. The van der Waals surface area contributed by atoms with Gasteiger partial charge in [0, 0.05) is 30.2 Å². The molecular weight excluding hydrogens is 443 g/mol. The van der Waals surface area contributed by atoms with Gasteiger partial charge in [-0.2, -0.15) is 0 Å². The van der Waals surface area contributed by atoms with E-state index in [0.717, 1.165) is 46.1 Å². The highest BCUT2D eigenvalue weighted by Crippen LogP contribution is 2.33. The molecular formula is C27H25FN6O. The van der Waals surface area contributed by atoms with Crippen LogP contribution in [0.25, 0.3) is 28.3 Å². The normalized spacial score (nSPS) is 11.2. The van der Waals surface area contributed by atoms with Gasteiger partial charge in [-0.15, -0.1) is 0 Å². The van der Waals surface area contributed by atoms with Crippen LogP contribution in [-0.2, 0) is 6.54 Å². The molecule has 0 aliphatic carbocycles. The molecule has 0 aliphatic rings. The van der Waals surface area contributed by atoms with E-state index < -0.39 is 0 Å². The van der Waals surface area contributed by atoms with Crippen molar-refractivity contribution in [2.75, 3.05) is 26.5 Å². The van der Waals surface area contributed by atoms with Crippen LogP contribution in [0.1, 0.15) is 5.56 Å². The van der Waals surface area contributed by atoms with E-state index in [4.69, 9.17) is 14.7 Å². The standard InChI is InChI=1S/C27H25FN6O/c1-33(2)17-18-13-15-34-24(16-18)32-25(19-4-6-20(28)7-5-19)26(34)23-12-14-29-27(31-23)30-21-8-10-22(35-3)11-9-21/h4-16H,17H2,1-3H3,(H,29,30,31). The number of benzene rings is 2. The molecule has 8 heteroatoms. The summed E-state index contributed by atoms with van der Waals surface area (Å²) < 4.78 is 20.9. The smallest absolute Gasteiger partial charge is 0.227 e. The SMILES string of the molecule is COc1ccc(Nc2nccc(-c3c(-c4ccc(F)cc4)nc4cc(CN(C)C)ccn34)n2)cc1. The Morgan fingerprint density at radius 2 is 1.74 bits per heavy atom. The van der Waals surface area contributed by atoms with Crippen molar-refractivity contribution in [2.45, 2.75) is 6.54 Å². The first kappa shape index (κ1) is 22.5. The lowest BCUT2D eigenvalue weighted by molar-refractivity contribution is 0.402. The molecule has 5 rings (SSSR count). The molecule has 0 spiro atoms. The summed E-state index contributed by atoms with van der Waals surface area (Å²) in [5.41, 5.74) is 5.82. The number of halogens is 1. The van der Waals surface area contributed by atoms with E-state index in [1.54, 1.807) is 25.4 Å². The van der Waals surface area contributed by atoms with Gasteiger partial charge in [-0.3, -0.25) is 4.40 Å². The lowest BCUT2D eigenvalue weighted by Gasteiger charge is -2.11. The first-order valence-electron chi connectivity index (χ1n) is 11.2. The van der Waals surface area contributed by atoms with Gasteiger partial charge >= 0.3 is 0 Å². The van der Waals surface area contributed by atoms with Crippen molar-refractivity contribution in [1.82, 2.24) is 24.3 Å². The second-order valence-corrected chi connectivity index (χ2v) is 8.44. The zero-order chi connectivity index (χ0) is 24.4. The molecule has 2 aromatic carbocycles.